The van der Waals surface area contributed by atoms with Crippen molar-refractivity contribution in [3.05, 3.63) is 33.1 Å². The zero-order valence-corrected chi connectivity index (χ0v) is 16.8. The molecule has 0 saturated heterocycles. The average Bonchev–Trinajstić information content (AvgIpc) is 2.56. The van der Waals surface area contributed by atoms with Crippen molar-refractivity contribution in [1.82, 2.24) is 14.6 Å². The summed E-state index contributed by atoms with van der Waals surface area (Å²) in [5.74, 6) is -0.328. The lowest BCUT2D eigenvalue weighted by Gasteiger charge is -2.23. The van der Waals surface area contributed by atoms with Crippen molar-refractivity contribution in [2.75, 3.05) is 6.61 Å². The molecule has 4 atom stereocenters. The van der Waals surface area contributed by atoms with Crippen LogP contribution < -0.4 is 16.3 Å². The minimum Gasteiger partial charge on any atom is -0.462 e. The molecule has 0 saturated carbocycles. The van der Waals surface area contributed by atoms with Gasteiger partial charge in [-0.05, 0) is 34.1 Å². The molecule has 10 heteroatoms. The van der Waals surface area contributed by atoms with E-state index in [1.54, 1.807) is 27.7 Å². The van der Waals surface area contributed by atoms with Crippen molar-refractivity contribution < 1.29 is 18.8 Å². The third-order valence-corrected chi connectivity index (χ3v) is 4.27. The van der Waals surface area contributed by atoms with E-state index >= 15 is 0 Å². The molecule has 1 rings (SSSR count). The maximum atomic E-state index is 11.8. The lowest BCUT2D eigenvalue weighted by Crippen LogP contribution is -2.34. The normalized spacial score (nSPS) is 15.3. The Hall–Kier alpha value is -1.54. The van der Waals surface area contributed by atoms with Crippen LogP contribution in [0.2, 0.25) is 0 Å². The predicted octanol–water partition coefficient (Wildman–Crippen LogP) is 1.31. The summed E-state index contributed by atoms with van der Waals surface area (Å²) in [5.41, 5.74) is -0.979. The Labute approximate surface area is 154 Å². The van der Waals surface area contributed by atoms with Crippen LogP contribution in [0.4, 0.5) is 0 Å². The molecule has 9 nitrogen and oxygen atoms in total. The third kappa shape index (κ3) is 7.78. The number of rotatable bonds is 11. The number of nitrogens with zero attached hydrogens (tertiary/aromatic N) is 1. The van der Waals surface area contributed by atoms with E-state index in [-0.39, 0.29) is 27.1 Å². The van der Waals surface area contributed by atoms with Crippen LogP contribution >= 0.6 is 8.96 Å². The van der Waals surface area contributed by atoms with Crippen LogP contribution in [0.1, 0.15) is 47.3 Å². The van der Waals surface area contributed by atoms with Crippen LogP contribution in [0.15, 0.2) is 21.9 Å². The first kappa shape index (κ1) is 22.5. The molecule has 148 valence electrons. The zero-order valence-electron chi connectivity index (χ0n) is 15.8. The molecule has 2 N–H and O–H groups in total. The monoisotopic (exact) mass is 389 g/mol. The summed E-state index contributed by atoms with van der Waals surface area (Å²) < 4.78 is 17.7. The van der Waals surface area contributed by atoms with Gasteiger partial charge in [-0.25, -0.2) is 4.79 Å². The SMILES string of the molecule is CC[C@@H](COPN[C@H](C)C(=O)OC(C)C)O[C@H](C)n1ccc(=O)[nH]c1=O. The van der Waals surface area contributed by atoms with Crippen molar-refractivity contribution in [2.45, 2.75) is 65.5 Å². The summed E-state index contributed by atoms with van der Waals surface area (Å²) >= 11 is 0. The Bertz CT molecular complexity index is 674. The Morgan fingerprint density at radius 3 is 2.58 bits per heavy atom. The third-order valence-electron chi connectivity index (χ3n) is 3.41. The van der Waals surface area contributed by atoms with Crippen LogP contribution in [-0.2, 0) is 18.8 Å². The Morgan fingerprint density at radius 1 is 1.31 bits per heavy atom. The van der Waals surface area contributed by atoms with Crippen LogP contribution in [0.5, 0.6) is 0 Å². The molecule has 0 bridgehead atoms. The number of nitrogens with one attached hydrogen (secondary N) is 2. The van der Waals surface area contributed by atoms with Crippen LogP contribution in [-0.4, -0.2) is 40.4 Å². The molecule has 0 aliphatic rings. The van der Waals surface area contributed by atoms with Gasteiger partial charge in [-0.1, -0.05) is 6.92 Å². The van der Waals surface area contributed by atoms with E-state index in [9.17, 15) is 14.4 Å². The number of aromatic nitrogens is 2. The number of hydrogen-bond acceptors (Lipinski definition) is 7. The molecular weight excluding hydrogens is 361 g/mol. The van der Waals surface area contributed by atoms with Gasteiger partial charge < -0.3 is 14.0 Å². The number of aromatic amines is 1. The number of hydrogen-bond donors (Lipinski definition) is 2. The first-order chi connectivity index (χ1) is 12.2. The second-order valence-electron chi connectivity index (χ2n) is 6.05. The highest BCUT2D eigenvalue weighted by atomic mass is 31.1. The van der Waals surface area contributed by atoms with Crippen LogP contribution in [0.25, 0.3) is 0 Å². The molecule has 0 amide bonds. The van der Waals surface area contributed by atoms with E-state index in [4.69, 9.17) is 14.0 Å². The van der Waals surface area contributed by atoms with E-state index in [1.165, 1.54) is 16.8 Å². The number of H-pyrrole nitrogens is 1. The lowest BCUT2D eigenvalue weighted by atomic mass is 10.3. The van der Waals surface area contributed by atoms with Crippen molar-refractivity contribution in [1.29, 1.82) is 0 Å². The minimum absolute atomic E-state index is 0.0901. The van der Waals surface area contributed by atoms with E-state index < -0.39 is 23.5 Å². The average molecular weight is 389 g/mol. The fraction of sp³-hybridized carbons (Fsp3) is 0.688. The molecule has 1 heterocycles. The fourth-order valence-electron chi connectivity index (χ4n) is 1.97. The standard InChI is InChI=1S/C16H28N3O6P/c1-6-13(9-23-26-18-11(4)15(21)24-10(2)3)25-12(5)19-8-7-14(20)17-16(19)22/h7-8,10-13,18,26H,6,9H2,1-5H3,(H,17,20,22)/t11-,12-,13+/m1/s1. The van der Waals surface area contributed by atoms with Gasteiger partial charge >= 0.3 is 11.7 Å². The summed E-state index contributed by atoms with van der Waals surface area (Å²) in [4.78, 5) is 36.7. The van der Waals surface area contributed by atoms with E-state index in [0.29, 0.717) is 13.0 Å². The first-order valence-electron chi connectivity index (χ1n) is 8.54. The Morgan fingerprint density at radius 2 is 2.00 bits per heavy atom. The zero-order chi connectivity index (χ0) is 19.7. The Balaban J connectivity index is 2.42. The van der Waals surface area contributed by atoms with Gasteiger partial charge in [0.05, 0.1) is 27.8 Å². The van der Waals surface area contributed by atoms with Crippen LogP contribution in [0, 0.1) is 0 Å². The summed E-state index contributed by atoms with van der Waals surface area (Å²) in [6.45, 7) is 9.25. The maximum absolute atomic E-state index is 11.8. The molecular formula is C16H28N3O6P. The highest BCUT2D eigenvalue weighted by Crippen LogP contribution is 2.15. The smallest absolute Gasteiger partial charge is 0.330 e. The largest absolute Gasteiger partial charge is 0.462 e. The summed E-state index contributed by atoms with van der Waals surface area (Å²) in [7, 11) is -0.0901. The van der Waals surface area contributed by atoms with Gasteiger partial charge in [0.25, 0.3) is 5.56 Å². The van der Waals surface area contributed by atoms with E-state index in [2.05, 4.69) is 10.1 Å². The van der Waals surface area contributed by atoms with E-state index in [1.807, 2.05) is 6.92 Å². The quantitative estimate of drug-likeness (QED) is 0.333. The minimum atomic E-state index is -0.552. The summed E-state index contributed by atoms with van der Waals surface area (Å²) in [6, 6.07) is 0.803. The second kappa shape index (κ2) is 11.2. The van der Waals surface area contributed by atoms with Gasteiger partial charge in [-0.2, -0.15) is 0 Å². The molecule has 0 fully saturated rings. The van der Waals surface area contributed by atoms with Crippen LogP contribution in [0.3, 0.4) is 0 Å². The molecule has 1 unspecified atom stereocenters. The fourth-order valence-corrected chi connectivity index (χ4v) is 2.62. The van der Waals surface area contributed by atoms with Crippen molar-refractivity contribution in [2.24, 2.45) is 0 Å². The topological polar surface area (TPSA) is 112 Å². The van der Waals surface area contributed by atoms with Gasteiger partial charge in [0.1, 0.15) is 12.3 Å². The van der Waals surface area contributed by atoms with Gasteiger partial charge in [0.2, 0.25) is 0 Å². The second-order valence-corrected chi connectivity index (χ2v) is 6.83. The number of carbonyl (C=O) groups is 1. The van der Waals surface area contributed by atoms with Gasteiger partial charge in [0.15, 0.2) is 0 Å². The number of esters is 1. The lowest BCUT2D eigenvalue weighted by molar-refractivity contribution is -0.148. The van der Waals surface area contributed by atoms with E-state index in [0.717, 1.165) is 0 Å². The summed E-state index contributed by atoms with van der Waals surface area (Å²) in [6.07, 6.45) is 1.12. The maximum Gasteiger partial charge on any atom is 0.330 e. The van der Waals surface area contributed by atoms with Gasteiger partial charge in [-0.3, -0.25) is 24.2 Å². The number of ether oxygens (including phenoxy) is 2. The molecule has 0 radical (unpaired) electrons. The molecule has 1 aromatic heterocycles. The molecule has 0 aliphatic carbocycles. The highest BCUT2D eigenvalue weighted by molar-refractivity contribution is 7.29. The first-order valence-corrected chi connectivity index (χ1v) is 9.45. The van der Waals surface area contributed by atoms with Gasteiger partial charge in [-0.15, -0.1) is 0 Å². The molecule has 1 aromatic rings. The molecule has 0 spiro atoms. The van der Waals surface area contributed by atoms with Crippen molar-refractivity contribution in [3.8, 4) is 0 Å². The highest BCUT2D eigenvalue weighted by Gasteiger charge is 2.17. The molecule has 0 aromatic carbocycles. The van der Waals surface area contributed by atoms with Gasteiger partial charge in [0, 0.05) is 12.3 Å². The molecule has 0 aliphatic heterocycles. The summed E-state index contributed by atoms with van der Waals surface area (Å²) in [5, 5.41) is 2.95. The Kier molecular flexibility index (Phi) is 9.72. The van der Waals surface area contributed by atoms with Crippen molar-refractivity contribution >= 4 is 14.9 Å². The predicted molar refractivity (Wildman–Crippen MR) is 99.3 cm³/mol. The van der Waals surface area contributed by atoms with Crippen molar-refractivity contribution in [3.63, 3.8) is 0 Å². The number of carbonyl (C=O) groups excluding carboxylic acids is 1. The molecule has 26 heavy (non-hydrogen) atoms.